The maximum Gasteiger partial charge on any atom is 0.416 e. The summed E-state index contributed by atoms with van der Waals surface area (Å²) in [6.07, 6.45) is -3.02. The van der Waals surface area contributed by atoms with Crippen molar-refractivity contribution < 1.29 is 22.5 Å². The van der Waals surface area contributed by atoms with Gasteiger partial charge in [-0.15, -0.1) is 0 Å². The summed E-state index contributed by atoms with van der Waals surface area (Å²) in [4.78, 5) is 16.5. The summed E-state index contributed by atoms with van der Waals surface area (Å²) < 4.78 is 43.1. The molecule has 0 radical (unpaired) electrons. The van der Waals surface area contributed by atoms with Crippen molar-refractivity contribution in [2.75, 3.05) is 11.1 Å². The third-order valence-electron chi connectivity index (χ3n) is 3.30. The zero-order valence-electron chi connectivity index (χ0n) is 12.5. The topological polar surface area (TPSA) is 94.0 Å². The van der Waals surface area contributed by atoms with Gasteiger partial charge in [-0.25, -0.2) is 0 Å². The molecule has 0 saturated heterocycles. The third-order valence-corrected chi connectivity index (χ3v) is 3.30. The third kappa shape index (κ3) is 3.44. The molecule has 2 aromatic heterocycles. The molecule has 1 amide bonds. The van der Waals surface area contributed by atoms with Crippen molar-refractivity contribution >= 4 is 17.5 Å². The van der Waals surface area contributed by atoms with Gasteiger partial charge >= 0.3 is 6.18 Å². The van der Waals surface area contributed by atoms with E-state index in [2.05, 4.69) is 15.5 Å². The van der Waals surface area contributed by atoms with Gasteiger partial charge in [0, 0.05) is 11.9 Å². The highest BCUT2D eigenvalue weighted by Crippen LogP contribution is 2.31. The van der Waals surface area contributed by atoms with E-state index in [9.17, 15) is 18.0 Å². The van der Waals surface area contributed by atoms with E-state index in [0.717, 1.165) is 12.1 Å². The Morgan fingerprint density at radius 2 is 1.96 bits per heavy atom. The lowest BCUT2D eigenvalue weighted by atomic mass is 10.1. The first-order chi connectivity index (χ1) is 11.9. The summed E-state index contributed by atoms with van der Waals surface area (Å²) in [6.45, 7) is 0. The Hall–Kier alpha value is -3.36. The molecule has 128 valence electrons. The van der Waals surface area contributed by atoms with Crippen molar-refractivity contribution in [3.63, 3.8) is 0 Å². The Morgan fingerprint density at radius 3 is 2.64 bits per heavy atom. The molecule has 9 heteroatoms. The molecule has 0 bridgehead atoms. The van der Waals surface area contributed by atoms with Crippen LogP contribution in [0.5, 0.6) is 0 Å². The van der Waals surface area contributed by atoms with Crippen LogP contribution in [-0.4, -0.2) is 16.0 Å². The first kappa shape index (κ1) is 16.5. The number of nitrogen functional groups attached to an aromatic ring is 1. The van der Waals surface area contributed by atoms with Crippen LogP contribution in [0.2, 0.25) is 0 Å². The number of alkyl halides is 3. The summed E-state index contributed by atoms with van der Waals surface area (Å²) in [7, 11) is 0. The highest BCUT2D eigenvalue weighted by atomic mass is 19.4. The van der Waals surface area contributed by atoms with Crippen LogP contribution in [0, 0.1) is 0 Å². The van der Waals surface area contributed by atoms with E-state index in [1.807, 2.05) is 0 Å². The molecular weight excluding hydrogens is 337 g/mol. The standard InChI is InChI=1S/C16H11F3N4O2/c17-16(18,19)9-4-3-5-10(8-9)22-15(24)12-13(23-25-14(12)20)11-6-1-2-7-21-11/h1-8H,20H2,(H,22,24). The van der Waals surface area contributed by atoms with Crippen molar-refractivity contribution in [3.8, 4) is 11.4 Å². The number of carbonyl (C=O) groups is 1. The molecule has 0 fully saturated rings. The summed E-state index contributed by atoms with van der Waals surface area (Å²) in [5, 5.41) is 6.06. The Kier molecular flexibility index (Phi) is 4.14. The Balaban J connectivity index is 1.92. The number of nitrogens with one attached hydrogen (secondary N) is 1. The van der Waals surface area contributed by atoms with Gasteiger partial charge in [-0.3, -0.25) is 9.78 Å². The fourth-order valence-electron chi connectivity index (χ4n) is 2.17. The summed E-state index contributed by atoms with van der Waals surface area (Å²) in [5.41, 5.74) is 5.06. The maximum absolute atomic E-state index is 12.8. The number of anilines is 2. The number of amides is 1. The number of rotatable bonds is 3. The van der Waals surface area contributed by atoms with Crippen molar-refractivity contribution in [1.29, 1.82) is 0 Å². The normalized spacial score (nSPS) is 11.3. The van der Waals surface area contributed by atoms with Gasteiger partial charge in [-0.05, 0) is 30.3 Å². The van der Waals surface area contributed by atoms with Crippen LogP contribution >= 0.6 is 0 Å². The number of carbonyl (C=O) groups excluding carboxylic acids is 1. The first-order valence-electron chi connectivity index (χ1n) is 7.01. The lowest BCUT2D eigenvalue weighted by molar-refractivity contribution is -0.137. The van der Waals surface area contributed by atoms with Crippen LogP contribution in [0.25, 0.3) is 11.4 Å². The molecule has 0 aliphatic rings. The van der Waals surface area contributed by atoms with E-state index >= 15 is 0 Å². The zero-order chi connectivity index (χ0) is 18.0. The molecule has 1 aromatic carbocycles. The molecule has 3 rings (SSSR count). The average molecular weight is 348 g/mol. The average Bonchev–Trinajstić information content (AvgIpc) is 2.97. The lowest BCUT2D eigenvalue weighted by Gasteiger charge is -2.10. The molecule has 3 N–H and O–H groups in total. The van der Waals surface area contributed by atoms with Crippen LogP contribution in [0.4, 0.5) is 24.7 Å². The molecule has 6 nitrogen and oxygen atoms in total. The predicted octanol–water partition coefficient (Wildman–Crippen LogP) is 3.59. The monoisotopic (exact) mass is 348 g/mol. The van der Waals surface area contributed by atoms with Gasteiger partial charge in [0.15, 0.2) is 0 Å². The number of hydrogen-bond acceptors (Lipinski definition) is 5. The van der Waals surface area contributed by atoms with Crippen LogP contribution in [-0.2, 0) is 6.18 Å². The number of nitrogens with zero attached hydrogens (tertiary/aromatic N) is 2. The number of pyridine rings is 1. The quantitative estimate of drug-likeness (QED) is 0.754. The van der Waals surface area contributed by atoms with Crippen molar-refractivity contribution in [3.05, 3.63) is 59.8 Å². The van der Waals surface area contributed by atoms with E-state index < -0.39 is 17.6 Å². The Bertz CT molecular complexity index is 907. The second-order valence-corrected chi connectivity index (χ2v) is 5.02. The van der Waals surface area contributed by atoms with E-state index in [0.29, 0.717) is 5.69 Å². The minimum atomic E-state index is -4.52. The molecule has 25 heavy (non-hydrogen) atoms. The molecule has 0 atom stereocenters. The number of halogens is 3. The van der Waals surface area contributed by atoms with E-state index in [4.69, 9.17) is 10.3 Å². The fourth-order valence-corrected chi connectivity index (χ4v) is 2.17. The molecular formula is C16H11F3N4O2. The molecule has 0 aliphatic carbocycles. The molecule has 0 unspecified atom stereocenters. The molecule has 3 aromatic rings. The van der Waals surface area contributed by atoms with E-state index in [1.54, 1.807) is 18.2 Å². The summed E-state index contributed by atoms with van der Waals surface area (Å²) >= 11 is 0. The van der Waals surface area contributed by atoms with E-state index in [-0.39, 0.29) is 22.8 Å². The fraction of sp³-hybridized carbons (Fsp3) is 0.0625. The zero-order valence-corrected chi connectivity index (χ0v) is 12.5. The molecule has 2 heterocycles. The second-order valence-electron chi connectivity index (χ2n) is 5.02. The van der Waals surface area contributed by atoms with Gasteiger partial charge in [0.1, 0.15) is 11.3 Å². The number of hydrogen-bond donors (Lipinski definition) is 2. The SMILES string of the molecule is Nc1onc(-c2ccccn2)c1C(=O)Nc1cccc(C(F)(F)F)c1. The van der Waals surface area contributed by atoms with Crippen LogP contribution in [0.3, 0.4) is 0 Å². The summed E-state index contributed by atoms with van der Waals surface area (Å²) in [6, 6.07) is 9.20. The number of benzene rings is 1. The maximum atomic E-state index is 12.8. The number of aromatic nitrogens is 2. The minimum absolute atomic E-state index is 0.0348. The van der Waals surface area contributed by atoms with Gasteiger partial charge < -0.3 is 15.6 Å². The van der Waals surface area contributed by atoms with Gasteiger partial charge in [-0.2, -0.15) is 13.2 Å². The van der Waals surface area contributed by atoms with E-state index in [1.165, 1.54) is 18.3 Å². The smallest absolute Gasteiger partial charge is 0.367 e. The van der Waals surface area contributed by atoms with Gasteiger partial charge in [0.2, 0.25) is 5.88 Å². The first-order valence-corrected chi connectivity index (χ1v) is 7.01. The number of nitrogens with two attached hydrogens (primary N) is 1. The van der Waals surface area contributed by atoms with Crippen molar-refractivity contribution in [2.45, 2.75) is 6.18 Å². The van der Waals surface area contributed by atoms with Crippen LogP contribution < -0.4 is 11.1 Å². The molecule has 0 aliphatic heterocycles. The highest BCUT2D eigenvalue weighted by Gasteiger charge is 2.31. The van der Waals surface area contributed by atoms with Crippen LogP contribution in [0.1, 0.15) is 15.9 Å². The van der Waals surface area contributed by atoms with Gasteiger partial charge in [-0.1, -0.05) is 17.3 Å². The van der Waals surface area contributed by atoms with Gasteiger partial charge in [0.05, 0.1) is 11.3 Å². The van der Waals surface area contributed by atoms with Crippen LogP contribution in [0.15, 0.2) is 53.2 Å². The minimum Gasteiger partial charge on any atom is -0.367 e. The Labute approximate surface area is 139 Å². The van der Waals surface area contributed by atoms with Gasteiger partial charge in [0.25, 0.3) is 5.91 Å². The summed E-state index contributed by atoms with van der Waals surface area (Å²) in [5.74, 6) is -1.01. The van der Waals surface area contributed by atoms with Crippen molar-refractivity contribution in [2.24, 2.45) is 0 Å². The van der Waals surface area contributed by atoms with Crippen molar-refractivity contribution in [1.82, 2.24) is 10.1 Å². The lowest BCUT2D eigenvalue weighted by Crippen LogP contribution is -2.15. The largest absolute Gasteiger partial charge is 0.416 e. The Morgan fingerprint density at radius 1 is 1.16 bits per heavy atom. The highest BCUT2D eigenvalue weighted by molar-refractivity contribution is 6.10. The molecule has 0 saturated carbocycles. The second kappa shape index (κ2) is 6.27. The predicted molar refractivity (Wildman–Crippen MR) is 83.5 cm³/mol. The molecule has 0 spiro atoms.